The van der Waals surface area contributed by atoms with Gasteiger partial charge in [0.2, 0.25) is 0 Å². The Morgan fingerprint density at radius 1 is 1.48 bits per heavy atom. The molecule has 1 aromatic rings. The van der Waals surface area contributed by atoms with E-state index in [2.05, 4.69) is 10.2 Å². The number of unbranched alkanes of at least 4 members (excludes halogenated alkanes) is 1. The number of aliphatic hydroxyl groups is 1. The number of aliphatic hydroxyl groups excluding tert-OH is 1. The maximum atomic E-state index is 11.9. The van der Waals surface area contributed by atoms with Gasteiger partial charge in [-0.15, -0.1) is 0 Å². The standard InChI is InChI=1S/C16H26N2O3/c1-12-10-15(21-13(12)2)16(20)17-7-3-4-8-18-9-5-6-14(18)11-19/h10,14,19H,3-9,11H2,1-2H3,(H,17,20). The molecule has 5 heteroatoms. The highest BCUT2D eigenvalue weighted by Gasteiger charge is 2.22. The van der Waals surface area contributed by atoms with Crippen LogP contribution in [-0.2, 0) is 0 Å². The van der Waals surface area contributed by atoms with Gasteiger partial charge in [0.05, 0.1) is 6.61 Å². The second-order valence-electron chi connectivity index (χ2n) is 5.83. The molecule has 0 saturated carbocycles. The molecule has 1 aliphatic heterocycles. The van der Waals surface area contributed by atoms with Gasteiger partial charge in [0.15, 0.2) is 5.76 Å². The Labute approximate surface area is 126 Å². The van der Waals surface area contributed by atoms with Gasteiger partial charge in [-0.2, -0.15) is 0 Å². The van der Waals surface area contributed by atoms with Crippen molar-refractivity contribution in [3.8, 4) is 0 Å². The number of nitrogens with one attached hydrogen (secondary N) is 1. The molecule has 1 unspecified atom stereocenters. The molecule has 118 valence electrons. The average Bonchev–Trinajstić information content (AvgIpc) is 3.05. The average molecular weight is 294 g/mol. The molecule has 1 saturated heterocycles. The van der Waals surface area contributed by atoms with Gasteiger partial charge in [0, 0.05) is 12.6 Å². The number of hydrogen-bond donors (Lipinski definition) is 2. The summed E-state index contributed by atoms with van der Waals surface area (Å²) < 4.78 is 5.39. The summed E-state index contributed by atoms with van der Waals surface area (Å²) >= 11 is 0. The van der Waals surface area contributed by atoms with E-state index in [1.165, 1.54) is 6.42 Å². The third-order valence-electron chi connectivity index (χ3n) is 4.26. The molecule has 1 atom stereocenters. The highest BCUT2D eigenvalue weighted by atomic mass is 16.3. The molecule has 1 fully saturated rings. The molecule has 0 aromatic carbocycles. The number of hydrogen-bond acceptors (Lipinski definition) is 4. The Balaban J connectivity index is 1.62. The quantitative estimate of drug-likeness (QED) is 0.753. The van der Waals surface area contributed by atoms with E-state index >= 15 is 0 Å². The van der Waals surface area contributed by atoms with Crippen LogP contribution in [0.15, 0.2) is 10.5 Å². The first-order chi connectivity index (χ1) is 10.1. The molecular formula is C16H26N2O3. The molecule has 1 aromatic heterocycles. The minimum absolute atomic E-state index is 0.138. The van der Waals surface area contributed by atoms with E-state index in [1.54, 1.807) is 6.07 Å². The Hall–Kier alpha value is -1.33. The Kier molecular flexibility index (Phi) is 5.82. The molecule has 0 spiro atoms. The maximum absolute atomic E-state index is 11.9. The second kappa shape index (κ2) is 7.61. The van der Waals surface area contributed by atoms with E-state index in [0.29, 0.717) is 18.3 Å². The van der Waals surface area contributed by atoms with Crippen LogP contribution in [0.25, 0.3) is 0 Å². The highest BCUT2D eigenvalue weighted by molar-refractivity contribution is 5.91. The van der Waals surface area contributed by atoms with Crippen LogP contribution in [0.1, 0.15) is 47.6 Å². The lowest BCUT2D eigenvalue weighted by Gasteiger charge is -2.22. The molecule has 2 heterocycles. The summed E-state index contributed by atoms with van der Waals surface area (Å²) in [5.74, 6) is 1.05. The van der Waals surface area contributed by atoms with Crippen LogP contribution >= 0.6 is 0 Å². The fraction of sp³-hybridized carbons (Fsp3) is 0.688. The predicted octanol–water partition coefficient (Wildman–Crippen LogP) is 1.86. The first-order valence-corrected chi connectivity index (χ1v) is 7.82. The Morgan fingerprint density at radius 3 is 2.95 bits per heavy atom. The maximum Gasteiger partial charge on any atom is 0.287 e. The second-order valence-corrected chi connectivity index (χ2v) is 5.83. The van der Waals surface area contributed by atoms with Gasteiger partial charge in [-0.25, -0.2) is 0 Å². The number of furan rings is 1. The Morgan fingerprint density at radius 2 is 2.29 bits per heavy atom. The zero-order valence-corrected chi connectivity index (χ0v) is 13.0. The molecule has 2 N–H and O–H groups in total. The number of aryl methyl sites for hydroxylation is 2. The fourth-order valence-electron chi connectivity index (χ4n) is 2.81. The molecule has 21 heavy (non-hydrogen) atoms. The number of amides is 1. The van der Waals surface area contributed by atoms with Gasteiger partial charge in [0.1, 0.15) is 5.76 Å². The van der Waals surface area contributed by atoms with Crippen molar-refractivity contribution in [2.24, 2.45) is 0 Å². The zero-order chi connectivity index (χ0) is 15.2. The van der Waals surface area contributed by atoms with Crippen molar-refractivity contribution >= 4 is 5.91 Å². The molecule has 0 aliphatic carbocycles. The number of rotatable bonds is 7. The minimum atomic E-state index is -0.138. The SMILES string of the molecule is Cc1cc(C(=O)NCCCCN2CCCC2CO)oc1C. The summed E-state index contributed by atoms with van der Waals surface area (Å²) in [6.07, 6.45) is 4.26. The molecule has 0 radical (unpaired) electrons. The minimum Gasteiger partial charge on any atom is -0.456 e. The largest absolute Gasteiger partial charge is 0.456 e. The number of likely N-dealkylation sites (tertiary alicyclic amines) is 1. The van der Waals surface area contributed by atoms with Crippen molar-refractivity contribution in [3.05, 3.63) is 23.2 Å². The Bertz CT molecular complexity index is 451. The first-order valence-electron chi connectivity index (χ1n) is 7.82. The number of carbonyl (C=O) groups excluding carboxylic acids is 1. The third kappa shape index (κ3) is 4.32. The summed E-state index contributed by atoms with van der Waals surface area (Å²) in [7, 11) is 0. The summed E-state index contributed by atoms with van der Waals surface area (Å²) in [4.78, 5) is 14.2. The van der Waals surface area contributed by atoms with Crippen LogP contribution in [-0.4, -0.2) is 48.2 Å². The monoisotopic (exact) mass is 294 g/mol. The van der Waals surface area contributed by atoms with Crippen molar-refractivity contribution in [3.63, 3.8) is 0 Å². The van der Waals surface area contributed by atoms with Crippen LogP contribution in [0, 0.1) is 13.8 Å². The lowest BCUT2D eigenvalue weighted by atomic mass is 10.2. The van der Waals surface area contributed by atoms with Crippen LogP contribution in [0.5, 0.6) is 0 Å². The van der Waals surface area contributed by atoms with Gasteiger partial charge in [-0.3, -0.25) is 9.69 Å². The molecule has 5 nitrogen and oxygen atoms in total. The third-order valence-corrected chi connectivity index (χ3v) is 4.26. The lowest BCUT2D eigenvalue weighted by molar-refractivity contribution is 0.0923. The molecule has 0 bridgehead atoms. The zero-order valence-electron chi connectivity index (χ0n) is 13.0. The van der Waals surface area contributed by atoms with Crippen molar-refractivity contribution in [1.82, 2.24) is 10.2 Å². The van der Waals surface area contributed by atoms with Crippen LogP contribution in [0.4, 0.5) is 0 Å². The topological polar surface area (TPSA) is 65.7 Å². The summed E-state index contributed by atoms with van der Waals surface area (Å²) in [6, 6.07) is 2.12. The summed E-state index contributed by atoms with van der Waals surface area (Å²) in [5, 5.41) is 12.1. The van der Waals surface area contributed by atoms with Crippen LogP contribution < -0.4 is 5.32 Å². The smallest absolute Gasteiger partial charge is 0.287 e. The number of nitrogens with zero attached hydrogens (tertiary/aromatic N) is 1. The van der Waals surface area contributed by atoms with Gasteiger partial charge < -0.3 is 14.8 Å². The van der Waals surface area contributed by atoms with Gasteiger partial charge in [-0.05, 0) is 64.3 Å². The molecule has 2 rings (SSSR count). The summed E-state index contributed by atoms with van der Waals surface area (Å²) in [5.41, 5.74) is 1.00. The van der Waals surface area contributed by atoms with Gasteiger partial charge in [0.25, 0.3) is 5.91 Å². The number of carbonyl (C=O) groups is 1. The lowest BCUT2D eigenvalue weighted by Crippen LogP contribution is -2.33. The van der Waals surface area contributed by atoms with E-state index in [9.17, 15) is 9.90 Å². The van der Waals surface area contributed by atoms with E-state index in [1.807, 2.05) is 13.8 Å². The molecule has 1 aliphatic rings. The first kappa shape index (κ1) is 16.0. The van der Waals surface area contributed by atoms with Crippen molar-refractivity contribution in [2.75, 3.05) is 26.2 Å². The highest BCUT2D eigenvalue weighted by Crippen LogP contribution is 2.17. The van der Waals surface area contributed by atoms with Crippen molar-refractivity contribution in [1.29, 1.82) is 0 Å². The van der Waals surface area contributed by atoms with Crippen LogP contribution in [0.2, 0.25) is 0 Å². The molecule has 1 amide bonds. The predicted molar refractivity (Wildman–Crippen MR) is 81.4 cm³/mol. The fourth-order valence-corrected chi connectivity index (χ4v) is 2.81. The van der Waals surface area contributed by atoms with Gasteiger partial charge >= 0.3 is 0 Å². The van der Waals surface area contributed by atoms with Crippen molar-refractivity contribution in [2.45, 2.75) is 45.6 Å². The summed E-state index contributed by atoms with van der Waals surface area (Å²) in [6.45, 7) is 6.80. The van der Waals surface area contributed by atoms with E-state index in [0.717, 1.165) is 43.7 Å². The van der Waals surface area contributed by atoms with E-state index in [-0.39, 0.29) is 12.5 Å². The normalized spacial score (nSPS) is 19.1. The van der Waals surface area contributed by atoms with Gasteiger partial charge in [-0.1, -0.05) is 0 Å². The molecular weight excluding hydrogens is 268 g/mol. The van der Waals surface area contributed by atoms with Crippen molar-refractivity contribution < 1.29 is 14.3 Å². The van der Waals surface area contributed by atoms with E-state index < -0.39 is 0 Å². The van der Waals surface area contributed by atoms with Crippen LogP contribution in [0.3, 0.4) is 0 Å². The van der Waals surface area contributed by atoms with E-state index in [4.69, 9.17) is 4.42 Å².